The summed E-state index contributed by atoms with van der Waals surface area (Å²) in [4.78, 5) is 53.7. The fourth-order valence-corrected chi connectivity index (χ4v) is 4.13. The SMILES string of the molecule is COC(=O)c1ccncc1C(=O)N1CCN(c2cc(NCCNC(C)=O)nc(-c3ccc(Cl)cc3)n2)CC1. The van der Waals surface area contributed by atoms with Crippen LogP contribution in [0.1, 0.15) is 27.6 Å². The van der Waals surface area contributed by atoms with Crippen molar-refractivity contribution < 1.29 is 19.1 Å². The molecule has 3 heterocycles. The van der Waals surface area contributed by atoms with E-state index in [0.29, 0.717) is 61.8 Å². The molecule has 0 saturated carbocycles. The van der Waals surface area contributed by atoms with Gasteiger partial charge in [-0.25, -0.2) is 14.8 Å². The highest BCUT2D eigenvalue weighted by Gasteiger charge is 2.27. The number of carbonyl (C=O) groups is 3. The van der Waals surface area contributed by atoms with E-state index in [1.54, 1.807) is 17.0 Å². The van der Waals surface area contributed by atoms with E-state index in [-0.39, 0.29) is 22.9 Å². The fraction of sp³-hybridized carbons (Fsp3) is 0.308. The Kier molecular flexibility index (Phi) is 8.70. The van der Waals surface area contributed by atoms with E-state index >= 15 is 0 Å². The van der Waals surface area contributed by atoms with Crippen LogP contribution in [0, 0.1) is 0 Å². The van der Waals surface area contributed by atoms with Crippen LogP contribution in [0.2, 0.25) is 5.02 Å². The number of anilines is 2. The van der Waals surface area contributed by atoms with Crippen LogP contribution in [0.3, 0.4) is 0 Å². The number of aromatic nitrogens is 3. The summed E-state index contributed by atoms with van der Waals surface area (Å²) in [7, 11) is 1.28. The lowest BCUT2D eigenvalue weighted by Crippen LogP contribution is -2.49. The minimum Gasteiger partial charge on any atom is -0.465 e. The third kappa shape index (κ3) is 6.54. The van der Waals surface area contributed by atoms with Crippen molar-refractivity contribution in [3.8, 4) is 11.4 Å². The van der Waals surface area contributed by atoms with E-state index < -0.39 is 5.97 Å². The second kappa shape index (κ2) is 12.3. The average Bonchev–Trinajstić information content (AvgIpc) is 2.94. The van der Waals surface area contributed by atoms with Crippen LogP contribution in [0.25, 0.3) is 11.4 Å². The van der Waals surface area contributed by atoms with Crippen LogP contribution >= 0.6 is 11.6 Å². The summed E-state index contributed by atoms with van der Waals surface area (Å²) in [5, 5.41) is 6.60. The van der Waals surface area contributed by atoms with Crippen LogP contribution in [0.15, 0.2) is 48.8 Å². The zero-order valence-electron chi connectivity index (χ0n) is 21.1. The van der Waals surface area contributed by atoms with E-state index in [2.05, 4.69) is 25.5 Å². The average molecular weight is 538 g/mol. The molecule has 0 atom stereocenters. The third-order valence-corrected chi connectivity index (χ3v) is 6.22. The number of nitrogens with one attached hydrogen (secondary N) is 2. The fourth-order valence-electron chi connectivity index (χ4n) is 4.01. The molecule has 0 radical (unpaired) electrons. The van der Waals surface area contributed by atoms with Crippen LogP contribution in [0.4, 0.5) is 11.6 Å². The summed E-state index contributed by atoms with van der Waals surface area (Å²) in [6.45, 7) is 4.33. The summed E-state index contributed by atoms with van der Waals surface area (Å²) in [5.74, 6) is 0.886. The Labute approximate surface area is 225 Å². The van der Waals surface area contributed by atoms with Gasteiger partial charge in [0.15, 0.2) is 5.82 Å². The van der Waals surface area contributed by atoms with Gasteiger partial charge in [0.2, 0.25) is 5.91 Å². The van der Waals surface area contributed by atoms with Crippen molar-refractivity contribution in [2.75, 3.05) is 56.6 Å². The summed E-state index contributed by atoms with van der Waals surface area (Å²) in [6, 6.07) is 10.6. The molecule has 198 valence electrons. The Morgan fingerprint density at radius 2 is 1.74 bits per heavy atom. The zero-order valence-corrected chi connectivity index (χ0v) is 21.9. The molecule has 1 aliphatic heterocycles. The number of esters is 1. The molecule has 2 amide bonds. The van der Waals surface area contributed by atoms with E-state index in [0.717, 1.165) is 5.56 Å². The summed E-state index contributed by atoms with van der Waals surface area (Å²) in [6.07, 6.45) is 2.85. The molecule has 38 heavy (non-hydrogen) atoms. The third-order valence-electron chi connectivity index (χ3n) is 5.97. The maximum atomic E-state index is 13.2. The van der Waals surface area contributed by atoms with Gasteiger partial charge in [-0.15, -0.1) is 0 Å². The van der Waals surface area contributed by atoms with Crippen LogP contribution < -0.4 is 15.5 Å². The molecule has 12 heteroatoms. The van der Waals surface area contributed by atoms with Gasteiger partial charge in [-0.05, 0) is 30.3 Å². The van der Waals surface area contributed by atoms with Crippen molar-refractivity contribution in [1.82, 2.24) is 25.2 Å². The number of nitrogens with zero attached hydrogens (tertiary/aromatic N) is 5. The number of hydrogen-bond donors (Lipinski definition) is 2. The highest BCUT2D eigenvalue weighted by Crippen LogP contribution is 2.25. The minimum absolute atomic E-state index is 0.102. The Bertz CT molecular complexity index is 1310. The van der Waals surface area contributed by atoms with Crippen molar-refractivity contribution >= 4 is 41.0 Å². The van der Waals surface area contributed by atoms with Crippen molar-refractivity contribution in [2.24, 2.45) is 0 Å². The van der Waals surface area contributed by atoms with E-state index in [1.165, 1.54) is 32.5 Å². The van der Waals surface area contributed by atoms with Gasteiger partial charge in [0.05, 0.1) is 18.2 Å². The molecule has 0 aliphatic carbocycles. The van der Waals surface area contributed by atoms with Gasteiger partial charge in [0.1, 0.15) is 11.6 Å². The number of methoxy groups -OCH3 is 1. The monoisotopic (exact) mass is 537 g/mol. The van der Waals surface area contributed by atoms with Crippen LogP contribution in [-0.4, -0.2) is 84.0 Å². The standard InChI is InChI=1S/C26H28ClN7O4/c1-17(35)29-9-10-30-22-15-23(32-24(31-22)18-3-5-19(27)6-4-18)33-11-13-34(14-12-33)25(36)21-16-28-8-7-20(21)26(37)38-2/h3-8,15-16H,9-14H2,1-2H3,(H,29,35)(H,30,31,32). The molecule has 1 aromatic carbocycles. The van der Waals surface area contributed by atoms with Gasteiger partial charge in [0.25, 0.3) is 5.91 Å². The predicted molar refractivity (Wildman–Crippen MR) is 143 cm³/mol. The van der Waals surface area contributed by atoms with Crippen molar-refractivity contribution in [3.05, 3.63) is 64.9 Å². The van der Waals surface area contributed by atoms with E-state index in [4.69, 9.17) is 21.3 Å². The van der Waals surface area contributed by atoms with Gasteiger partial charge in [-0.2, -0.15) is 0 Å². The Balaban J connectivity index is 1.51. The molecule has 2 aromatic heterocycles. The Morgan fingerprint density at radius 1 is 1.00 bits per heavy atom. The topological polar surface area (TPSA) is 130 Å². The summed E-state index contributed by atoms with van der Waals surface area (Å²) < 4.78 is 4.81. The number of piperazine rings is 1. The molecule has 0 unspecified atom stereocenters. The summed E-state index contributed by atoms with van der Waals surface area (Å²) >= 11 is 6.05. The molecule has 2 N–H and O–H groups in total. The highest BCUT2D eigenvalue weighted by molar-refractivity contribution is 6.30. The quantitative estimate of drug-likeness (QED) is 0.329. The Hall–Kier alpha value is -4.25. The second-order valence-corrected chi connectivity index (χ2v) is 8.98. The molecule has 1 aliphatic rings. The van der Waals surface area contributed by atoms with Gasteiger partial charge in [0, 0.05) is 75.2 Å². The maximum absolute atomic E-state index is 13.2. The molecule has 1 saturated heterocycles. The Morgan fingerprint density at radius 3 is 2.42 bits per heavy atom. The minimum atomic E-state index is -0.580. The first kappa shape index (κ1) is 26.8. The molecule has 1 fully saturated rings. The highest BCUT2D eigenvalue weighted by atomic mass is 35.5. The van der Waals surface area contributed by atoms with Gasteiger partial charge in [-0.3, -0.25) is 14.6 Å². The number of hydrogen-bond acceptors (Lipinski definition) is 9. The van der Waals surface area contributed by atoms with Gasteiger partial charge < -0.3 is 25.2 Å². The zero-order chi connectivity index (χ0) is 27.1. The van der Waals surface area contributed by atoms with Crippen LogP contribution in [0.5, 0.6) is 0 Å². The smallest absolute Gasteiger partial charge is 0.338 e. The number of carbonyl (C=O) groups excluding carboxylic acids is 3. The molecular weight excluding hydrogens is 510 g/mol. The molecule has 11 nitrogen and oxygen atoms in total. The van der Waals surface area contributed by atoms with Crippen molar-refractivity contribution in [3.63, 3.8) is 0 Å². The van der Waals surface area contributed by atoms with Crippen molar-refractivity contribution in [2.45, 2.75) is 6.92 Å². The second-order valence-electron chi connectivity index (χ2n) is 8.54. The first-order chi connectivity index (χ1) is 18.4. The number of halogens is 1. The number of rotatable bonds is 8. The number of amides is 2. The van der Waals surface area contributed by atoms with E-state index in [9.17, 15) is 14.4 Å². The number of benzene rings is 1. The maximum Gasteiger partial charge on any atom is 0.338 e. The first-order valence-electron chi connectivity index (χ1n) is 12.1. The lowest BCUT2D eigenvalue weighted by Gasteiger charge is -2.35. The molecule has 0 spiro atoms. The first-order valence-corrected chi connectivity index (χ1v) is 12.4. The number of ether oxygens (including phenoxy) is 1. The lowest BCUT2D eigenvalue weighted by molar-refractivity contribution is -0.118. The molecule has 0 bridgehead atoms. The largest absolute Gasteiger partial charge is 0.465 e. The van der Waals surface area contributed by atoms with Gasteiger partial charge >= 0.3 is 5.97 Å². The van der Waals surface area contributed by atoms with E-state index in [1.807, 2.05) is 18.2 Å². The molecule has 3 aromatic rings. The van der Waals surface area contributed by atoms with Crippen LogP contribution in [-0.2, 0) is 9.53 Å². The lowest BCUT2D eigenvalue weighted by atomic mass is 10.1. The number of pyridine rings is 1. The normalized spacial score (nSPS) is 13.1. The van der Waals surface area contributed by atoms with Crippen molar-refractivity contribution in [1.29, 1.82) is 0 Å². The predicted octanol–water partition coefficient (Wildman–Crippen LogP) is 2.49. The molecule has 4 rings (SSSR count). The molecular formula is C26H28ClN7O4. The van der Waals surface area contributed by atoms with Gasteiger partial charge in [-0.1, -0.05) is 11.6 Å². The summed E-state index contributed by atoms with van der Waals surface area (Å²) in [5.41, 5.74) is 1.21.